The molecule has 0 aromatic heterocycles. The number of carbonyl (C=O) groups is 1. The summed E-state index contributed by atoms with van der Waals surface area (Å²) in [6.07, 6.45) is 1.31. The number of aldehydes is 1. The molecule has 1 fully saturated rings. The topological polar surface area (TPSA) is 49.8 Å². The van der Waals surface area contributed by atoms with Crippen molar-refractivity contribution in [2.45, 2.75) is 44.1 Å². The first-order valence-electron chi connectivity index (χ1n) is 4.99. The van der Waals surface area contributed by atoms with Crippen molar-refractivity contribution in [3.05, 3.63) is 0 Å². The van der Waals surface area contributed by atoms with Crippen molar-refractivity contribution in [2.24, 2.45) is 0 Å². The molecule has 1 saturated heterocycles. The van der Waals surface area contributed by atoms with Gasteiger partial charge in [-0.2, -0.15) is 0 Å². The highest BCUT2D eigenvalue weighted by Crippen LogP contribution is 2.24. The van der Waals surface area contributed by atoms with E-state index in [9.17, 15) is 9.90 Å². The van der Waals surface area contributed by atoms with Gasteiger partial charge in [-0.3, -0.25) is 0 Å². The van der Waals surface area contributed by atoms with Crippen LogP contribution in [0.3, 0.4) is 0 Å². The van der Waals surface area contributed by atoms with Crippen LogP contribution in [0.2, 0.25) is 0 Å². The minimum absolute atomic E-state index is 0.0432. The van der Waals surface area contributed by atoms with E-state index >= 15 is 0 Å². The Labute approximate surface area is 84.8 Å². The lowest BCUT2D eigenvalue weighted by atomic mass is 9.94. The standard InChI is InChI=1S/C10H19NO3/c1-7-10(13)9(11(2)3)6-8(14-7)4-5-12/h5,7-10,13H,4,6H2,1-3H3/t7-,8+,9-,10-/m0/s1. The van der Waals surface area contributed by atoms with Gasteiger partial charge in [0.2, 0.25) is 0 Å². The molecule has 14 heavy (non-hydrogen) atoms. The van der Waals surface area contributed by atoms with Crippen molar-refractivity contribution >= 4 is 6.29 Å². The molecule has 4 nitrogen and oxygen atoms in total. The Morgan fingerprint density at radius 2 is 2.21 bits per heavy atom. The average Bonchev–Trinajstić information content (AvgIpc) is 2.11. The third-order valence-corrected chi connectivity index (χ3v) is 2.81. The second-order valence-electron chi connectivity index (χ2n) is 4.12. The summed E-state index contributed by atoms with van der Waals surface area (Å²) < 4.78 is 5.51. The van der Waals surface area contributed by atoms with Crippen LogP contribution in [0.4, 0.5) is 0 Å². The van der Waals surface area contributed by atoms with Crippen LogP contribution in [-0.4, -0.2) is 54.7 Å². The quantitative estimate of drug-likeness (QED) is 0.655. The van der Waals surface area contributed by atoms with Crippen molar-refractivity contribution < 1.29 is 14.6 Å². The summed E-state index contributed by atoms with van der Waals surface area (Å²) in [5.41, 5.74) is 0. The van der Waals surface area contributed by atoms with Crippen LogP contribution in [0.5, 0.6) is 0 Å². The Morgan fingerprint density at radius 1 is 1.57 bits per heavy atom. The van der Waals surface area contributed by atoms with Crippen LogP contribution < -0.4 is 0 Å². The fraction of sp³-hybridized carbons (Fsp3) is 0.900. The summed E-state index contributed by atoms with van der Waals surface area (Å²) in [4.78, 5) is 12.4. The molecule has 82 valence electrons. The van der Waals surface area contributed by atoms with Crippen molar-refractivity contribution in [3.8, 4) is 0 Å². The van der Waals surface area contributed by atoms with E-state index in [1.807, 2.05) is 25.9 Å². The molecule has 1 heterocycles. The first-order chi connectivity index (χ1) is 6.56. The lowest BCUT2D eigenvalue weighted by molar-refractivity contribution is -0.145. The Kier molecular flexibility index (Phi) is 4.04. The maximum atomic E-state index is 10.4. The van der Waals surface area contributed by atoms with Gasteiger partial charge >= 0.3 is 0 Å². The molecule has 0 unspecified atom stereocenters. The van der Waals surface area contributed by atoms with Gasteiger partial charge in [0.25, 0.3) is 0 Å². The van der Waals surface area contributed by atoms with Gasteiger partial charge in [0.1, 0.15) is 6.29 Å². The number of likely N-dealkylation sites (N-methyl/N-ethyl adjacent to an activating group) is 1. The lowest BCUT2D eigenvalue weighted by Gasteiger charge is -2.40. The molecule has 0 aliphatic carbocycles. The number of aliphatic hydroxyl groups is 1. The molecule has 0 radical (unpaired) electrons. The zero-order valence-electron chi connectivity index (χ0n) is 9.01. The van der Waals surface area contributed by atoms with Gasteiger partial charge in [-0.05, 0) is 27.4 Å². The van der Waals surface area contributed by atoms with Crippen molar-refractivity contribution in [3.63, 3.8) is 0 Å². The predicted molar refractivity (Wildman–Crippen MR) is 53.1 cm³/mol. The molecular formula is C10H19NO3. The summed E-state index contributed by atoms with van der Waals surface area (Å²) in [6.45, 7) is 1.85. The second kappa shape index (κ2) is 4.87. The molecule has 0 saturated carbocycles. The monoisotopic (exact) mass is 201 g/mol. The Bertz CT molecular complexity index is 196. The van der Waals surface area contributed by atoms with E-state index in [2.05, 4.69) is 0 Å². The molecule has 4 atom stereocenters. The fourth-order valence-electron chi connectivity index (χ4n) is 1.94. The molecule has 0 amide bonds. The molecule has 0 spiro atoms. The van der Waals surface area contributed by atoms with E-state index in [-0.39, 0.29) is 18.2 Å². The molecule has 1 N–H and O–H groups in total. The number of carbonyl (C=O) groups excluding carboxylic acids is 1. The highest BCUT2D eigenvalue weighted by Gasteiger charge is 2.35. The van der Waals surface area contributed by atoms with Gasteiger partial charge < -0.3 is 19.5 Å². The van der Waals surface area contributed by atoms with E-state index in [4.69, 9.17) is 4.74 Å². The molecular weight excluding hydrogens is 182 g/mol. The number of aliphatic hydroxyl groups excluding tert-OH is 1. The van der Waals surface area contributed by atoms with Gasteiger partial charge in [0.15, 0.2) is 0 Å². The highest BCUT2D eigenvalue weighted by molar-refractivity contribution is 5.50. The van der Waals surface area contributed by atoms with E-state index in [1.165, 1.54) is 0 Å². The van der Waals surface area contributed by atoms with E-state index in [0.29, 0.717) is 6.42 Å². The normalized spacial score (nSPS) is 38.6. The molecule has 1 aliphatic heterocycles. The highest BCUT2D eigenvalue weighted by atomic mass is 16.5. The Balaban J connectivity index is 2.61. The average molecular weight is 201 g/mol. The van der Waals surface area contributed by atoms with Gasteiger partial charge in [-0.15, -0.1) is 0 Å². The molecule has 4 heteroatoms. The van der Waals surface area contributed by atoms with Crippen LogP contribution in [0.1, 0.15) is 19.8 Å². The number of rotatable bonds is 3. The molecule has 0 aromatic rings. The second-order valence-corrected chi connectivity index (χ2v) is 4.12. The third-order valence-electron chi connectivity index (χ3n) is 2.81. The van der Waals surface area contributed by atoms with Crippen molar-refractivity contribution in [1.29, 1.82) is 0 Å². The Morgan fingerprint density at radius 3 is 2.71 bits per heavy atom. The molecule has 1 aliphatic rings. The minimum Gasteiger partial charge on any atom is -0.389 e. The largest absolute Gasteiger partial charge is 0.389 e. The molecule has 0 bridgehead atoms. The SMILES string of the molecule is C[C@@H]1O[C@H](CC=O)C[C@H](N(C)C)[C@H]1O. The van der Waals surface area contributed by atoms with E-state index in [0.717, 1.165) is 12.7 Å². The molecule has 0 aromatic carbocycles. The Hall–Kier alpha value is -0.450. The van der Waals surface area contributed by atoms with Crippen LogP contribution >= 0.6 is 0 Å². The predicted octanol–water partition coefficient (Wildman–Crippen LogP) is 0.0439. The zero-order chi connectivity index (χ0) is 10.7. The van der Waals surface area contributed by atoms with Gasteiger partial charge in [0.05, 0.1) is 18.3 Å². The summed E-state index contributed by atoms with van der Waals surface area (Å²) in [6, 6.07) is 0.0868. The van der Waals surface area contributed by atoms with Gasteiger partial charge in [0, 0.05) is 12.5 Å². The first kappa shape index (κ1) is 11.6. The van der Waals surface area contributed by atoms with Crippen LogP contribution in [0.15, 0.2) is 0 Å². The van der Waals surface area contributed by atoms with Gasteiger partial charge in [-0.1, -0.05) is 0 Å². The van der Waals surface area contributed by atoms with Gasteiger partial charge in [-0.25, -0.2) is 0 Å². The van der Waals surface area contributed by atoms with E-state index in [1.54, 1.807) is 0 Å². The van der Waals surface area contributed by atoms with Crippen LogP contribution in [0.25, 0.3) is 0 Å². The van der Waals surface area contributed by atoms with Crippen molar-refractivity contribution in [1.82, 2.24) is 4.90 Å². The fourth-order valence-corrected chi connectivity index (χ4v) is 1.94. The van der Waals surface area contributed by atoms with Crippen molar-refractivity contribution in [2.75, 3.05) is 14.1 Å². The lowest BCUT2D eigenvalue weighted by Crippen LogP contribution is -2.52. The summed E-state index contributed by atoms with van der Waals surface area (Å²) in [5, 5.41) is 9.84. The maximum Gasteiger partial charge on any atom is 0.122 e. The van der Waals surface area contributed by atoms with Crippen LogP contribution in [-0.2, 0) is 9.53 Å². The summed E-state index contributed by atoms with van der Waals surface area (Å²) >= 11 is 0. The zero-order valence-corrected chi connectivity index (χ0v) is 9.01. The van der Waals surface area contributed by atoms with E-state index < -0.39 is 6.10 Å². The third kappa shape index (κ3) is 2.53. The van der Waals surface area contributed by atoms with Crippen LogP contribution in [0, 0.1) is 0 Å². The maximum absolute atomic E-state index is 10.4. The number of hydrogen-bond acceptors (Lipinski definition) is 4. The number of ether oxygens (including phenoxy) is 1. The first-order valence-corrected chi connectivity index (χ1v) is 4.99. The smallest absolute Gasteiger partial charge is 0.122 e. The number of nitrogens with zero attached hydrogens (tertiary/aromatic N) is 1. The number of hydrogen-bond donors (Lipinski definition) is 1. The minimum atomic E-state index is -0.465. The molecule has 1 rings (SSSR count). The summed E-state index contributed by atoms with van der Waals surface area (Å²) in [7, 11) is 3.87. The summed E-state index contributed by atoms with van der Waals surface area (Å²) in [5.74, 6) is 0.